The van der Waals surface area contributed by atoms with Gasteiger partial charge in [0, 0.05) is 24.7 Å². The van der Waals surface area contributed by atoms with Crippen LogP contribution in [0.15, 0.2) is 35.7 Å². The molecule has 0 unspecified atom stereocenters. The number of thioether (sulfide) groups is 1. The molecule has 1 heterocycles. The summed E-state index contributed by atoms with van der Waals surface area (Å²) in [4.78, 5) is 13.9. The normalized spacial score (nSPS) is 11.0. The number of carbonyl (C=O) groups excluding carboxylic acids is 1. The van der Waals surface area contributed by atoms with Gasteiger partial charge in [-0.3, -0.25) is 4.79 Å². The van der Waals surface area contributed by atoms with Gasteiger partial charge in [0.15, 0.2) is 5.16 Å². The van der Waals surface area contributed by atoms with E-state index in [1.807, 2.05) is 28.8 Å². The highest BCUT2D eigenvalue weighted by Crippen LogP contribution is 2.20. The molecule has 0 bridgehead atoms. The average Bonchev–Trinajstić information content (AvgIpc) is 2.95. The number of halogens is 1. The fourth-order valence-corrected chi connectivity index (χ4v) is 3.08. The van der Waals surface area contributed by atoms with Gasteiger partial charge in [0.05, 0.1) is 5.75 Å². The first-order valence-corrected chi connectivity index (χ1v) is 8.35. The Balaban J connectivity index is 1.92. The Kier molecular flexibility index (Phi) is 5.85. The lowest BCUT2D eigenvalue weighted by atomic mass is 10.2. The summed E-state index contributed by atoms with van der Waals surface area (Å²) in [6.45, 7) is 4.60. The molecule has 1 aromatic heterocycles. The van der Waals surface area contributed by atoms with Gasteiger partial charge in [-0.05, 0) is 25.5 Å². The highest BCUT2D eigenvalue weighted by Gasteiger charge is 2.14. The number of benzene rings is 1. The molecule has 0 aliphatic carbocycles. The molecule has 2 aromatic rings. The van der Waals surface area contributed by atoms with Crippen molar-refractivity contribution in [2.45, 2.75) is 31.6 Å². The topological polar surface area (TPSA) is 51.0 Å². The lowest BCUT2D eigenvalue weighted by molar-refractivity contribution is -0.127. The number of carbonyl (C=O) groups is 1. The zero-order valence-corrected chi connectivity index (χ0v) is 14.4. The fraction of sp³-hybridized carbons (Fsp3) is 0.400. The molecule has 7 heteroatoms. The minimum absolute atomic E-state index is 0.0308. The molecule has 0 atom stereocenters. The van der Waals surface area contributed by atoms with E-state index in [1.54, 1.807) is 18.3 Å². The highest BCUT2D eigenvalue weighted by molar-refractivity contribution is 7.99. The summed E-state index contributed by atoms with van der Waals surface area (Å²) in [5.74, 6) is 0.357. The van der Waals surface area contributed by atoms with Gasteiger partial charge in [-0.15, -0.1) is 10.2 Å². The molecule has 5 nitrogen and oxygen atoms in total. The molecule has 0 saturated carbocycles. The standard InChI is InChI=1S/C15H19ClN4OS/c1-11(2)20-10-17-18-15(20)22-9-14(21)19(3)8-12-6-4-5-7-13(12)16/h4-7,10-11H,8-9H2,1-3H3. The molecule has 0 saturated heterocycles. The molecule has 1 amide bonds. The fourth-order valence-electron chi connectivity index (χ4n) is 1.90. The van der Waals surface area contributed by atoms with Crippen LogP contribution < -0.4 is 0 Å². The zero-order valence-electron chi connectivity index (χ0n) is 12.9. The molecule has 0 spiro atoms. The van der Waals surface area contributed by atoms with Crippen LogP contribution >= 0.6 is 23.4 Å². The Bertz CT molecular complexity index is 644. The Morgan fingerprint density at radius 1 is 1.41 bits per heavy atom. The van der Waals surface area contributed by atoms with Crippen molar-refractivity contribution < 1.29 is 4.79 Å². The van der Waals surface area contributed by atoms with E-state index >= 15 is 0 Å². The summed E-state index contributed by atoms with van der Waals surface area (Å²) in [5.41, 5.74) is 0.940. The predicted octanol–water partition coefficient (Wildman–Crippen LogP) is 3.26. The van der Waals surface area contributed by atoms with Crippen molar-refractivity contribution >= 4 is 29.3 Å². The Morgan fingerprint density at radius 2 is 2.14 bits per heavy atom. The molecule has 0 aliphatic rings. The number of hydrogen-bond acceptors (Lipinski definition) is 4. The zero-order chi connectivity index (χ0) is 16.1. The van der Waals surface area contributed by atoms with Crippen molar-refractivity contribution in [3.05, 3.63) is 41.2 Å². The van der Waals surface area contributed by atoms with Gasteiger partial charge in [-0.2, -0.15) is 0 Å². The lowest BCUT2D eigenvalue weighted by Gasteiger charge is -2.18. The second-order valence-electron chi connectivity index (χ2n) is 5.24. The van der Waals surface area contributed by atoms with E-state index in [2.05, 4.69) is 24.0 Å². The van der Waals surface area contributed by atoms with Crippen LogP contribution in [0.1, 0.15) is 25.5 Å². The minimum atomic E-state index is 0.0308. The third-order valence-electron chi connectivity index (χ3n) is 3.21. The van der Waals surface area contributed by atoms with Gasteiger partial charge in [-0.25, -0.2) is 0 Å². The number of rotatable bonds is 6. The van der Waals surface area contributed by atoms with Crippen molar-refractivity contribution in [2.24, 2.45) is 0 Å². The van der Waals surface area contributed by atoms with Gasteiger partial charge in [0.2, 0.25) is 5.91 Å². The number of hydrogen-bond donors (Lipinski definition) is 0. The maximum atomic E-state index is 12.2. The van der Waals surface area contributed by atoms with Gasteiger partial charge in [0.25, 0.3) is 0 Å². The smallest absolute Gasteiger partial charge is 0.233 e. The molecule has 0 N–H and O–H groups in total. The third kappa shape index (κ3) is 4.24. The van der Waals surface area contributed by atoms with E-state index in [1.165, 1.54) is 11.8 Å². The molecule has 118 valence electrons. The number of amides is 1. The summed E-state index contributed by atoms with van der Waals surface area (Å²) in [6, 6.07) is 7.82. The van der Waals surface area contributed by atoms with Crippen molar-refractivity contribution in [3.8, 4) is 0 Å². The van der Waals surface area contributed by atoms with Crippen molar-refractivity contribution in [1.82, 2.24) is 19.7 Å². The molecule has 22 heavy (non-hydrogen) atoms. The maximum Gasteiger partial charge on any atom is 0.233 e. The molecule has 2 rings (SSSR count). The van der Waals surface area contributed by atoms with Crippen LogP contribution in [0.25, 0.3) is 0 Å². The van der Waals surface area contributed by atoms with E-state index in [9.17, 15) is 4.79 Å². The molecular formula is C15H19ClN4OS. The highest BCUT2D eigenvalue weighted by atomic mass is 35.5. The van der Waals surface area contributed by atoms with Crippen molar-refractivity contribution in [1.29, 1.82) is 0 Å². The summed E-state index contributed by atoms with van der Waals surface area (Å²) < 4.78 is 1.95. The molecule has 1 aromatic carbocycles. The SMILES string of the molecule is CC(C)n1cnnc1SCC(=O)N(C)Cc1ccccc1Cl. The summed E-state index contributed by atoms with van der Waals surface area (Å²) in [6.07, 6.45) is 1.69. The van der Waals surface area contributed by atoms with Crippen LogP contribution in [0, 0.1) is 0 Å². The summed E-state index contributed by atoms with van der Waals surface area (Å²) in [7, 11) is 1.78. The minimum Gasteiger partial charge on any atom is -0.341 e. The predicted molar refractivity (Wildman–Crippen MR) is 89.1 cm³/mol. The average molecular weight is 339 g/mol. The van der Waals surface area contributed by atoms with Crippen LogP contribution in [-0.4, -0.2) is 38.4 Å². The van der Waals surface area contributed by atoms with Gasteiger partial charge >= 0.3 is 0 Å². The number of aromatic nitrogens is 3. The van der Waals surface area contributed by atoms with Gasteiger partial charge in [0.1, 0.15) is 6.33 Å². The van der Waals surface area contributed by atoms with E-state index in [-0.39, 0.29) is 11.9 Å². The Hall–Kier alpha value is -1.53. The number of nitrogens with zero attached hydrogens (tertiary/aromatic N) is 4. The lowest BCUT2D eigenvalue weighted by Crippen LogP contribution is -2.28. The first-order valence-electron chi connectivity index (χ1n) is 6.98. The third-order valence-corrected chi connectivity index (χ3v) is 4.52. The van der Waals surface area contributed by atoms with Crippen LogP contribution in [0.2, 0.25) is 5.02 Å². The van der Waals surface area contributed by atoms with E-state index in [0.717, 1.165) is 10.7 Å². The maximum absolute atomic E-state index is 12.2. The van der Waals surface area contributed by atoms with Crippen LogP contribution in [0.4, 0.5) is 0 Å². The van der Waals surface area contributed by atoms with E-state index in [4.69, 9.17) is 11.6 Å². The Morgan fingerprint density at radius 3 is 2.82 bits per heavy atom. The summed E-state index contributed by atoms with van der Waals surface area (Å²) in [5, 5.41) is 9.38. The molecule has 0 aliphatic heterocycles. The van der Waals surface area contributed by atoms with Gasteiger partial charge in [-0.1, -0.05) is 41.6 Å². The van der Waals surface area contributed by atoms with Gasteiger partial charge < -0.3 is 9.47 Å². The quantitative estimate of drug-likeness (QED) is 0.758. The first-order chi connectivity index (χ1) is 10.5. The Labute approximate surface area is 139 Å². The first kappa shape index (κ1) is 16.8. The van der Waals surface area contributed by atoms with E-state index < -0.39 is 0 Å². The second-order valence-corrected chi connectivity index (χ2v) is 6.59. The molecule has 0 fully saturated rings. The largest absolute Gasteiger partial charge is 0.341 e. The molecule has 0 radical (unpaired) electrons. The molecular weight excluding hydrogens is 320 g/mol. The van der Waals surface area contributed by atoms with E-state index in [0.29, 0.717) is 17.3 Å². The monoisotopic (exact) mass is 338 g/mol. The summed E-state index contributed by atoms with van der Waals surface area (Å²) >= 11 is 7.52. The van der Waals surface area contributed by atoms with Crippen molar-refractivity contribution in [2.75, 3.05) is 12.8 Å². The van der Waals surface area contributed by atoms with Crippen molar-refractivity contribution in [3.63, 3.8) is 0 Å². The van der Waals surface area contributed by atoms with Crippen LogP contribution in [-0.2, 0) is 11.3 Å². The van der Waals surface area contributed by atoms with Crippen LogP contribution in [0.3, 0.4) is 0 Å². The van der Waals surface area contributed by atoms with Crippen LogP contribution in [0.5, 0.6) is 0 Å². The second kappa shape index (κ2) is 7.65.